The molecule has 2 heterocycles. The quantitative estimate of drug-likeness (QED) is 0.779. The molecule has 2 aliphatic heterocycles. The maximum atomic E-state index is 13.3. The summed E-state index contributed by atoms with van der Waals surface area (Å²) in [5, 5.41) is 2.83. The number of nitrogens with zero attached hydrogens (tertiary/aromatic N) is 2. The van der Waals surface area contributed by atoms with Crippen LogP contribution in [0.2, 0.25) is 0 Å². The van der Waals surface area contributed by atoms with Crippen LogP contribution in [0.3, 0.4) is 0 Å². The minimum atomic E-state index is -0.533. The van der Waals surface area contributed by atoms with Crippen LogP contribution in [0.1, 0.15) is 57.6 Å². The fraction of sp³-hybridized carbons (Fsp3) is 0.625. The highest BCUT2D eigenvalue weighted by atomic mass is 16.6. The molecule has 2 aliphatic rings. The number of benzene rings is 1. The predicted molar refractivity (Wildman–Crippen MR) is 118 cm³/mol. The van der Waals surface area contributed by atoms with E-state index in [2.05, 4.69) is 5.32 Å². The van der Waals surface area contributed by atoms with Gasteiger partial charge in [-0.1, -0.05) is 29.8 Å². The van der Waals surface area contributed by atoms with Gasteiger partial charge in [-0.15, -0.1) is 0 Å². The number of piperidine rings is 1. The third-order valence-electron chi connectivity index (χ3n) is 5.85. The third kappa shape index (κ3) is 6.45. The normalized spacial score (nSPS) is 21.9. The zero-order valence-electron chi connectivity index (χ0n) is 19.1. The second kappa shape index (κ2) is 9.71. The summed E-state index contributed by atoms with van der Waals surface area (Å²) >= 11 is 0. The van der Waals surface area contributed by atoms with Gasteiger partial charge in [-0.3, -0.25) is 9.59 Å². The number of rotatable bonds is 5. The van der Waals surface area contributed by atoms with E-state index in [9.17, 15) is 14.4 Å². The van der Waals surface area contributed by atoms with E-state index in [1.807, 2.05) is 56.9 Å². The number of likely N-dealkylation sites (tertiary alicyclic amines) is 2. The molecule has 170 valence electrons. The molecule has 1 aromatic rings. The molecule has 2 atom stereocenters. The van der Waals surface area contributed by atoms with Crippen LogP contribution < -0.4 is 5.32 Å². The lowest BCUT2D eigenvalue weighted by Gasteiger charge is -2.36. The summed E-state index contributed by atoms with van der Waals surface area (Å²) in [6, 6.07) is 7.69. The SMILES string of the molecule is Cc1ccc(CN2C(=O)CC[C@H]2C(=O)N2CCC[C@@H](CNC(=O)OC(C)(C)C)C2)cc1. The second-order valence-electron chi connectivity index (χ2n) is 9.74. The van der Waals surface area contributed by atoms with E-state index in [0.29, 0.717) is 39.0 Å². The Balaban J connectivity index is 1.57. The molecule has 3 amide bonds. The van der Waals surface area contributed by atoms with Crippen LogP contribution >= 0.6 is 0 Å². The number of carbonyl (C=O) groups is 3. The summed E-state index contributed by atoms with van der Waals surface area (Å²) in [6.07, 6.45) is 2.41. The molecule has 7 nitrogen and oxygen atoms in total. The van der Waals surface area contributed by atoms with Crippen LogP contribution in [-0.4, -0.2) is 59.0 Å². The van der Waals surface area contributed by atoms with Gasteiger partial charge in [0.25, 0.3) is 0 Å². The van der Waals surface area contributed by atoms with Gasteiger partial charge in [0.05, 0.1) is 0 Å². The minimum Gasteiger partial charge on any atom is -0.444 e. The molecular weight excluding hydrogens is 394 g/mol. The van der Waals surface area contributed by atoms with Crippen LogP contribution in [0, 0.1) is 12.8 Å². The summed E-state index contributed by atoms with van der Waals surface area (Å²) in [4.78, 5) is 41.3. The lowest BCUT2D eigenvalue weighted by Crippen LogP contribution is -2.51. The number of amides is 3. The number of alkyl carbamates (subject to hydrolysis) is 1. The molecule has 0 spiro atoms. The van der Waals surface area contributed by atoms with Gasteiger partial charge in [-0.25, -0.2) is 4.79 Å². The number of hydrogen-bond donors (Lipinski definition) is 1. The Morgan fingerprint density at radius 3 is 2.55 bits per heavy atom. The predicted octanol–water partition coefficient (Wildman–Crippen LogP) is 3.25. The van der Waals surface area contributed by atoms with Crippen molar-refractivity contribution in [2.75, 3.05) is 19.6 Å². The van der Waals surface area contributed by atoms with Crippen molar-refractivity contribution >= 4 is 17.9 Å². The monoisotopic (exact) mass is 429 g/mol. The Bertz CT molecular complexity index is 800. The van der Waals surface area contributed by atoms with E-state index in [4.69, 9.17) is 4.74 Å². The van der Waals surface area contributed by atoms with E-state index in [1.54, 1.807) is 4.90 Å². The van der Waals surface area contributed by atoms with Gasteiger partial charge in [0.2, 0.25) is 11.8 Å². The number of nitrogens with one attached hydrogen (secondary N) is 1. The molecular formula is C24H35N3O4. The number of aryl methyl sites for hydroxylation is 1. The van der Waals surface area contributed by atoms with Gasteiger partial charge in [0.1, 0.15) is 11.6 Å². The summed E-state index contributed by atoms with van der Waals surface area (Å²) in [6.45, 7) is 9.77. The number of ether oxygens (including phenoxy) is 1. The first-order valence-corrected chi connectivity index (χ1v) is 11.2. The van der Waals surface area contributed by atoms with Crippen molar-refractivity contribution in [2.24, 2.45) is 5.92 Å². The molecule has 31 heavy (non-hydrogen) atoms. The first kappa shape index (κ1) is 23.1. The average molecular weight is 430 g/mol. The van der Waals surface area contributed by atoms with Gasteiger partial charge in [0, 0.05) is 32.6 Å². The van der Waals surface area contributed by atoms with Gasteiger partial charge in [-0.2, -0.15) is 0 Å². The van der Waals surface area contributed by atoms with Crippen LogP contribution in [-0.2, 0) is 20.9 Å². The van der Waals surface area contributed by atoms with Gasteiger partial charge in [-0.05, 0) is 58.4 Å². The molecule has 0 radical (unpaired) electrons. The average Bonchev–Trinajstić information content (AvgIpc) is 3.07. The molecule has 2 fully saturated rings. The molecule has 0 aromatic heterocycles. The van der Waals surface area contributed by atoms with Crippen molar-refractivity contribution in [3.63, 3.8) is 0 Å². The van der Waals surface area contributed by atoms with Gasteiger partial charge in [0.15, 0.2) is 0 Å². The molecule has 7 heteroatoms. The Labute approximate surface area is 185 Å². The first-order valence-electron chi connectivity index (χ1n) is 11.2. The molecule has 2 saturated heterocycles. The lowest BCUT2D eigenvalue weighted by atomic mass is 9.97. The van der Waals surface area contributed by atoms with Gasteiger partial charge < -0.3 is 19.9 Å². The van der Waals surface area contributed by atoms with Crippen molar-refractivity contribution in [2.45, 2.75) is 71.6 Å². The van der Waals surface area contributed by atoms with E-state index in [0.717, 1.165) is 18.4 Å². The molecule has 1 N–H and O–H groups in total. The molecule has 0 aliphatic carbocycles. The molecule has 3 rings (SSSR count). The van der Waals surface area contributed by atoms with Crippen LogP contribution in [0.25, 0.3) is 0 Å². The van der Waals surface area contributed by atoms with E-state index >= 15 is 0 Å². The van der Waals surface area contributed by atoms with Gasteiger partial charge >= 0.3 is 6.09 Å². The highest BCUT2D eigenvalue weighted by molar-refractivity contribution is 5.91. The molecule has 0 saturated carbocycles. The highest BCUT2D eigenvalue weighted by Crippen LogP contribution is 2.26. The molecule has 0 bridgehead atoms. The van der Waals surface area contributed by atoms with Crippen molar-refractivity contribution in [1.82, 2.24) is 15.1 Å². The van der Waals surface area contributed by atoms with E-state index < -0.39 is 17.7 Å². The zero-order chi connectivity index (χ0) is 22.6. The van der Waals surface area contributed by atoms with E-state index in [-0.39, 0.29) is 17.7 Å². The highest BCUT2D eigenvalue weighted by Gasteiger charge is 2.39. The fourth-order valence-electron chi connectivity index (χ4n) is 4.26. The zero-order valence-corrected chi connectivity index (χ0v) is 19.1. The van der Waals surface area contributed by atoms with Crippen molar-refractivity contribution in [1.29, 1.82) is 0 Å². The molecule has 1 aromatic carbocycles. The minimum absolute atomic E-state index is 0.0277. The Morgan fingerprint density at radius 1 is 1.16 bits per heavy atom. The molecule has 0 unspecified atom stereocenters. The van der Waals surface area contributed by atoms with Crippen LogP contribution in [0.5, 0.6) is 0 Å². The smallest absolute Gasteiger partial charge is 0.407 e. The third-order valence-corrected chi connectivity index (χ3v) is 5.85. The summed E-state index contributed by atoms with van der Waals surface area (Å²) in [5.41, 5.74) is 1.68. The summed E-state index contributed by atoms with van der Waals surface area (Å²) in [5.74, 6) is 0.256. The van der Waals surface area contributed by atoms with E-state index in [1.165, 1.54) is 5.56 Å². The van der Waals surface area contributed by atoms with Crippen molar-refractivity contribution in [3.05, 3.63) is 35.4 Å². The van der Waals surface area contributed by atoms with Crippen molar-refractivity contribution in [3.8, 4) is 0 Å². The standard InChI is InChI=1S/C24H35N3O4/c1-17-7-9-18(10-8-17)16-27-20(11-12-21(27)28)22(29)26-13-5-6-19(15-26)14-25-23(30)31-24(2,3)4/h7-10,19-20H,5-6,11-16H2,1-4H3,(H,25,30)/t19-,20-/m0/s1. The first-order chi connectivity index (χ1) is 14.6. The Morgan fingerprint density at radius 2 is 1.87 bits per heavy atom. The number of hydrogen-bond acceptors (Lipinski definition) is 4. The second-order valence-corrected chi connectivity index (χ2v) is 9.74. The topological polar surface area (TPSA) is 79.0 Å². The Kier molecular flexibility index (Phi) is 7.23. The fourth-order valence-corrected chi connectivity index (χ4v) is 4.26. The number of carbonyl (C=O) groups excluding carboxylic acids is 3. The lowest BCUT2D eigenvalue weighted by molar-refractivity contribution is -0.143. The van der Waals surface area contributed by atoms with Crippen LogP contribution in [0.15, 0.2) is 24.3 Å². The summed E-state index contributed by atoms with van der Waals surface area (Å²) in [7, 11) is 0. The largest absolute Gasteiger partial charge is 0.444 e. The van der Waals surface area contributed by atoms with Crippen LogP contribution in [0.4, 0.5) is 4.79 Å². The van der Waals surface area contributed by atoms with Crippen molar-refractivity contribution < 1.29 is 19.1 Å². The maximum absolute atomic E-state index is 13.3. The maximum Gasteiger partial charge on any atom is 0.407 e. The summed E-state index contributed by atoms with van der Waals surface area (Å²) < 4.78 is 5.30. The Hall–Kier alpha value is -2.57.